The monoisotopic (exact) mass is 220 g/mol. The van der Waals surface area contributed by atoms with Crippen LogP contribution in [0.2, 0.25) is 0 Å². The fraction of sp³-hybridized carbons (Fsp3) is 0.571. The summed E-state index contributed by atoms with van der Waals surface area (Å²) in [5, 5.41) is 0. The molecule has 0 heterocycles. The van der Waals surface area contributed by atoms with Crippen molar-refractivity contribution >= 4 is 12.6 Å². The van der Waals surface area contributed by atoms with Crippen LogP contribution in [0.1, 0.15) is 44.1 Å². The molecule has 1 aromatic rings. The summed E-state index contributed by atoms with van der Waals surface area (Å²) in [6, 6.07) is 11.1. The first-order valence-electron chi connectivity index (χ1n) is 6.04. The lowest BCUT2D eigenvalue weighted by molar-refractivity contribution is 0.402. The first kappa shape index (κ1) is 11.1. The maximum absolute atomic E-state index is 4.34. The molecule has 0 saturated heterocycles. The third-order valence-electron chi connectivity index (χ3n) is 3.76. The van der Waals surface area contributed by atoms with Gasteiger partial charge in [0, 0.05) is 0 Å². The fourth-order valence-electron chi connectivity index (χ4n) is 2.94. The Morgan fingerprint density at radius 1 is 1.07 bits per heavy atom. The van der Waals surface area contributed by atoms with Crippen LogP contribution in [0.3, 0.4) is 0 Å². The molecule has 0 unspecified atom stereocenters. The average Bonchev–Trinajstić information content (AvgIpc) is 2.78. The molecule has 1 aromatic carbocycles. The third-order valence-corrected chi connectivity index (χ3v) is 4.08. The molecular weight excluding hydrogens is 200 g/mol. The average molecular weight is 220 g/mol. The number of hydrogen-bond acceptors (Lipinski definition) is 1. The van der Waals surface area contributed by atoms with Gasteiger partial charge in [-0.2, -0.15) is 12.6 Å². The van der Waals surface area contributed by atoms with Crippen molar-refractivity contribution in [2.75, 3.05) is 5.75 Å². The van der Waals surface area contributed by atoms with Crippen LogP contribution in [0, 0.1) is 0 Å². The fourth-order valence-corrected chi connectivity index (χ4v) is 3.10. The zero-order chi connectivity index (χ0) is 10.6. The summed E-state index contributed by atoms with van der Waals surface area (Å²) < 4.78 is 0. The summed E-state index contributed by atoms with van der Waals surface area (Å²) >= 11 is 4.34. The van der Waals surface area contributed by atoms with Crippen molar-refractivity contribution in [1.29, 1.82) is 0 Å². The van der Waals surface area contributed by atoms with Crippen molar-refractivity contribution < 1.29 is 0 Å². The van der Waals surface area contributed by atoms with Crippen LogP contribution in [-0.2, 0) is 5.41 Å². The maximum atomic E-state index is 4.34. The minimum atomic E-state index is 0.490. The second kappa shape index (κ2) is 5.07. The molecule has 1 heteroatoms. The van der Waals surface area contributed by atoms with Crippen LogP contribution in [0.5, 0.6) is 0 Å². The predicted molar refractivity (Wildman–Crippen MR) is 69.7 cm³/mol. The van der Waals surface area contributed by atoms with Crippen LogP contribution < -0.4 is 0 Å². The molecule has 0 amide bonds. The van der Waals surface area contributed by atoms with Gasteiger partial charge in [-0.15, -0.1) is 0 Å². The zero-order valence-corrected chi connectivity index (χ0v) is 10.2. The number of hydrogen-bond donors (Lipinski definition) is 1. The maximum Gasteiger partial charge on any atom is -0.00467 e. The molecule has 1 saturated carbocycles. The molecule has 0 aromatic heterocycles. The van der Waals surface area contributed by atoms with Crippen LogP contribution in [0.25, 0.3) is 0 Å². The van der Waals surface area contributed by atoms with Gasteiger partial charge in [0.1, 0.15) is 0 Å². The lowest BCUT2D eigenvalue weighted by atomic mass is 9.75. The molecule has 82 valence electrons. The Hall–Kier alpha value is -0.430. The molecule has 1 aliphatic carbocycles. The van der Waals surface area contributed by atoms with Gasteiger partial charge in [-0.25, -0.2) is 0 Å². The second-order valence-electron chi connectivity index (χ2n) is 4.68. The Balaban J connectivity index is 2.19. The molecule has 0 spiro atoms. The van der Waals surface area contributed by atoms with Crippen LogP contribution >= 0.6 is 12.6 Å². The highest BCUT2D eigenvalue weighted by molar-refractivity contribution is 7.80. The van der Waals surface area contributed by atoms with E-state index in [9.17, 15) is 0 Å². The van der Waals surface area contributed by atoms with E-state index in [-0.39, 0.29) is 0 Å². The van der Waals surface area contributed by atoms with Gasteiger partial charge in [0.25, 0.3) is 0 Å². The van der Waals surface area contributed by atoms with Gasteiger partial charge < -0.3 is 0 Å². The first-order valence-corrected chi connectivity index (χ1v) is 6.67. The molecule has 0 bridgehead atoms. The van der Waals surface area contributed by atoms with Crippen molar-refractivity contribution in [3.63, 3.8) is 0 Å². The second-order valence-corrected chi connectivity index (χ2v) is 5.13. The van der Waals surface area contributed by atoms with Gasteiger partial charge >= 0.3 is 0 Å². The summed E-state index contributed by atoms with van der Waals surface area (Å²) in [5.41, 5.74) is 2.05. The largest absolute Gasteiger partial charge is 0.179 e. The molecule has 0 nitrogen and oxygen atoms in total. The van der Waals surface area contributed by atoms with E-state index >= 15 is 0 Å². The van der Waals surface area contributed by atoms with Gasteiger partial charge in [0.15, 0.2) is 0 Å². The standard InChI is InChI=1S/C14H20S/c15-12-6-11-14(9-4-5-10-14)13-7-2-1-3-8-13/h1-3,7-8,15H,4-6,9-12H2. The Bertz CT molecular complexity index is 285. The van der Waals surface area contributed by atoms with Crippen molar-refractivity contribution in [1.82, 2.24) is 0 Å². The Morgan fingerprint density at radius 3 is 2.33 bits per heavy atom. The van der Waals surface area contributed by atoms with E-state index in [0.29, 0.717) is 5.41 Å². The summed E-state index contributed by atoms with van der Waals surface area (Å²) in [5.74, 6) is 1.02. The predicted octanol–water partition coefficient (Wildman–Crippen LogP) is 4.21. The number of benzene rings is 1. The van der Waals surface area contributed by atoms with Crippen molar-refractivity contribution in [2.45, 2.75) is 43.9 Å². The summed E-state index contributed by atoms with van der Waals surface area (Å²) in [4.78, 5) is 0. The van der Waals surface area contributed by atoms with Crippen LogP contribution in [-0.4, -0.2) is 5.75 Å². The molecule has 0 radical (unpaired) electrons. The molecule has 1 fully saturated rings. The smallest absolute Gasteiger partial charge is 0.00467 e. The van der Waals surface area contributed by atoms with Crippen molar-refractivity contribution in [2.24, 2.45) is 0 Å². The first-order chi connectivity index (χ1) is 7.37. The molecule has 0 atom stereocenters. The molecule has 0 N–H and O–H groups in total. The summed E-state index contributed by atoms with van der Waals surface area (Å²) in [7, 11) is 0. The van der Waals surface area contributed by atoms with E-state index in [4.69, 9.17) is 0 Å². The highest BCUT2D eigenvalue weighted by Crippen LogP contribution is 2.44. The Labute approximate surface area is 98.5 Å². The number of rotatable bonds is 4. The SMILES string of the molecule is SCCCC1(c2ccccc2)CCCC1. The molecule has 1 aliphatic rings. The lowest BCUT2D eigenvalue weighted by Gasteiger charge is -2.29. The van der Waals surface area contributed by atoms with E-state index < -0.39 is 0 Å². The molecule has 0 aliphatic heterocycles. The van der Waals surface area contributed by atoms with Gasteiger partial charge in [-0.3, -0.25) is 0 Å². The van der Waals surface area contributed by atoms with Crippen molar-refractivity contribution in [3.8, 4) is 0 Å². The van der Waals surface area contributed by atoms with Gasteiger partial charge in [0.2, 0.25) is 0 Å². The van der Waals surface area contributed by atoms with E-state index in [0.717, 1.165) is 5.75 Å². The molecule has 15 heavy (non-hydrogen) atoms. The van der Waals surface area contributed by atoms with E-state index in [1.807, 2.05) is 0 Å². The van der Waals surface area contributed by atoms with E-state index in [1.165, 1.54) is 38.5 Å². The third kappa shape index (κ3) is 2.39. The minimum absolute atomic E-state index is 0.490. The number of thiol groups is 1. The van der Waals surface area contributed by atoms with Gasteiger partial charge in [-0.05, 0) is 42.4 Å². The zero-order valence-electron chi connectivity index (χ0n) is 9.28. The molecular formula is C14H20S. The lowest BCUT2D eigenvalue weighted by Crippen LogP contribution is -2.22. The minimum Gasteiger partial charge on any atom is -0.179 e. The van der Waals surface area contributed by atoms with Crippen molar-refractivity contribution in [3.05, 3.63) is 35.9 Å². The van der Waals surface area contributed by atoms with Crippen LogP contribution in [0.4, 0.5) is 0 Å². The van der Waals surface area contributed by atoms with Gasteiger partial charge in [-0.1, -0.05) is 43.2 Å². The Morgan fingerprint density at radius 2 is 1.73 bits per heavy atom. The van der Waals surface area contributed by atoms with E-state index in [2.05, 4.69) is 43.0 Å². The Kier molecular flexibility index (Phi) is 3.74. The quantitative estimate of drug-likeness (QED) is 0.722. The summed E-state index contributed by atoms with van der Waals surface area (Å²) in [6.07, 6.45) is 8.14. The normalized spacial score (nSPS) is 19.3. The highest BCUT2D eigenvalue weighted by Gasteiger charge is 2.34. The summed E-state index contributed by atoms with van der Waals surface area (Å²) in [6.45, 7) is 0. The van der Waals surface area contributed by atoms with Crippen LogP contribution in [0.15, 0.2) is 30.3 Å². The highest BCUT2D eigenvalue weighted by atomic mass is 32.1. The topological polar surface area (TPSA) is 0 Å². The van der Waals surface area contributed by atoms with Gasteiger partial charge in [0.05, 0.1) is 0 Å². The van der Waals surface area contributed by atoms with E-state index in [1.54, 1.807) is 5.56 Å². The molecule has 2 rings (SSSR count).